The quantitative estimate of drug-likeness (QED) is 0.838. The summed E-state index contributed by atoms with van der Waals surface area (Å²) in [5.74, 6) is 0.0796. The highest BCUT2D eigenvalue weighted by atomic mass is 35.5. The van der Waals surface area contributed by atoms with Crippen molar-refractivity contribution in [3.05, 3.63) is 40.2 Å². The molecule has 5 nitrogen and oxygen atoms in total. The van der Waals surface area contributed by atoms with Crippen molar-refractivity contribution in [2.75, 3.05) is 5.32 Å². The second-order valence-electron chi connectivity index (χ2n) is 5.49. The maximum atomic E-state index is 12.5. The standard InChI is InChI=1S/C16H20ClN3O2/c1-5-20-15(12(17)8-18-20)16(22)19-13-7-11(9(2)3)14(21)6-10(13)4/h6-9,21H,5H2,1-4H3,(H,19,22). The molecule has 1 heterocycles. The fraction of sp³-hybridized carbons (Fsp3) is 0.375. The van der Waals surface area contributed by atoms with Crippen molar-refractivity contribution in [3.63, 3.8) is 0 Å². The minimum absolute atomic E-state index is 0.154. The Hall–Kier alpha value is -2.01. The molecule has 0 radical (unpaired) electrons. The highest BCUT2D eigenvalue weighted by Crippen LogP contribution is 2.31. The van der Waals surface area contributed by atoms with Crippen LogP contribution in [0.1, 0.15) is 48.3 Å². The average molecular weight is 322 g/mol. The summed E-state index contributed by atoms with van der Waals surface area (Å²) in [6, 6.07) is 3.46. The molecule has 0 fully saturated rings. The fourth-order valence-corrected chi connectivity index (χ4v) is 2.54. The van der Waals surface area contributed by atoms with Crippen LogP contribution in [0.25, 0.3) is 0 Å². The number of carbonyl (C=O) groups is 1. The van der Waals surface area contributed by atoms with Gasteiger partial charge in [-0.25, -0.2) is 0 Å². The number of nitrogens with one attached hydrogen (secondary N) is 1. The Balaban J connectivity index is 2.36. The molecule has 0 atom stereocenters. The van der Waals surface area contributed by atoms with E-state index in [1.54, 1.807) is 16.8 Å². The maximum absolute atomic E-state index is 12.5. The number of halogens is 1. The van der Waals surface area contributed by atoms with E-state index in [4.69, 9.17) is 11.6 Å². The fourth-order valence-electron chi connectivity index (χ4n) is 2.32. The van der Waals surface area contributed by atoms with E-state index in [0.29, 0.717) is 22.9 Å². The van der Waals surface area contributed by atoms with Crippen LogP contribution in [0.3, 0.4) is 0 Å². The van der Waals surface area contributed by atoms with E-state index in [-0.39, 0.29) is 17.6 Å². The highest BCUT2D eigenvalue weighted by molar-refractivity contribution is 6.34. The normalized spacial score (nSPS) is 11.0. The minimum atomic E-state index is -0.312. The molecule has 118 valence electrons. The van der Waals surface area contributed by atoms with Gasteiger partial charge in [0.15, 0.2) is 0 Å². The van der Waals surface area contributed by atoms with Gasteiger partial charge in [0.25, 0.3) is 5.91 Å². The molecule has 1 aromatic carbocycles. The number of hydrogen-bond donors (Lipinski definition) is 2. The van der Waals surface area contributed by atoms with Gasteiger partial charge in [0.1, 0.15) is 11.4 Å². The second-order valence-corrected chi connectivity index (χ2v) is 5.90. The van der Waals surface area contributed by atoms with Crippen molar-refractivity contribution < 1.29 is 9.90 Å². The number of phenols is 1. The molecule has 0 spiro atoms. The van der Waals surface area contributed by atoms with Crippen LogP contribution in [0.5, 0.6) is 5.75 Å². The maximum Gasteiger partial charge on any atom is 0.275 e. The number of anilines is 1. The number of aryl methyl sites for hydroxylation is 2. The summed E-state index contributed by atoms with van der Waals surface area (Å²) >= 11 is 6.05. The number of rotatable bonds is 4. The Morgan fingerprint density at radius 1 is 1.45 bits per heavy atom. The second kappa shape index (κ2) is 6.40. The van der Waals surface area contributed by atoms with E-state index in [1.165, 1.54) is 6.20 Å². The lowest BCUT2D eigenvalue weighted by atomic mass is 9.99. The Morgan fingerprint density at radius 2 is 2.14 bits per heavy atom. The summed E-state index contributed by atoms with van der Waals surface area (Å²) in [6.45, 7) is 8.25. The zero-order chi connectivity index (χ0) is 16.4. The minimum Gasteiger partial charge on any atom is -0.508 e. The van der Waals surface area contributed by atoms with Gasteiger partial charge in [-0.15, -0.1) is 0 Å². The molecular weight excluding hydrogens is 302 g/mol. The van der Waals surface area contributed by atoms with Gasteiger partial charge in [0, 0.05) is 12.2 Å². The first-order chi connectivity index (χ1) is 10.3. The van der Waals surface area contributed by atoms with E-state index in [0.717, 1.165) is 11.1 Å². The lowest BCUT2D eigenvalue weighted by Gasteiger charge is -2.15. The summed E-state index contributed by atoms with van der Waals surface area (Å²) in [6.07, 6.45) is 1.46. The third kappa shape index (κ3) is 3.09. The number of hydrogen-bond acceptors (Lipinski definition) is 3. The third-order valence-electron chi connectivity index (χ3n) is 3.55. The largest absolute Gasteiger partial charge is 0.508 e. The summed E-state index contributed by atoms with van der Waals surface area (Å²) in [5, 5.41) is 17.2. The summed E-state index contributed by atoms with van der Waals surface area (Å²) < 4.78 is 1.55. The highest BCUT2D eigenvalue weighted by Gasteiger charge is 2.18. The van der Waals surface area contributed by atoms with Crippen molar-refractivity contribution in [1.29, 1.82) is 0 Å². The number of carbonyl (C=O) groups excluding carboxylic acids is 1. The molecule has 2 aromatic rings. The van der Waals surface area contributed by atoms with Crippen molar-refractivity contribution >= 4 is 23.2 Å². The number of phenolic OH excluding ortho intramolecular Hbond substituents is 1. The van der Waals surface area contributed by atoms with Gasteiger partial charge in [-0.3, -0.25) is 9.48 Å². The van der Waals surface area contributed by atoms with Crippen LogP contribution >= 0.6 is 11.6 Å². The van der Waals surface area contributed by atoms with Crippen molar-refractivity contribution in [1.82, 2.24) is 9.78 Å². The molecule has 22 heavy (non-hydrogen) atoms. The molecule has 0 aliphatic heterocycles. The van der Waals surface area contributed by atoms with Crippen molar-refractivity contribution in [2.45, 2.75) is 40.2 Å². The molecule has 1 aromatic heterocycles. The van der Waals surface area contributed by atoms with Gasteiger partial charge in [-0.05, 0) is 43.0 Å². The van der Waals surface area contributed by atoms with Crippen molar-refractivity contribution in [3.8, 4) is 5.75 Å². The van der Waals surface area contributed by atoms with Gasteiger partial charge < -0.3 is 10.4 Å². The number of aromatic hydroxyl groups is 1. The van der Waals surface area contributed by atoms with Gasteiger partial charge in [-0.1, -0.05) is 25.4 Å². The van der Waals surface area contributed by atoms with Gasteiger partial charge in [0.05, 0.1) is 11.2 Å². The van der Waals surface area contributed by atoms with Crippen LogP contribution in [-0.2, 0) is 6.54 Å². The molecule has 0 saturated heterocycles. The molecule has 0 aliphatic carbocycles. The molecule has 0 unspecified atom stereocenters. The van der Waals surface area contributed by atoms with E-state index >= 15 is 0 Å². The van der Waals surface area contributed by atoms with Crippen molar-refractivity contribution in [2.24, 2.45) is 0 Å². The molecule has 0 aliphatic rings. The Kier molecular flexibility index (Phi) is 4.76. The van der Waals surface area contributed by atoms with Crippen LogP contribution in [0.15, 0.2) is 18.3 Å². The van der Waals surface area contributed by atoms with Crippen LogP contribution in [0.2, 0.25) is 5.02 Å². The monoisotopic (exact) mass is 321 g/mol. The van der Waals surface area contributed by atoms with E-state index < -0.39 is 0 Å². The first-order valence-corrected chi connectivity index (χ1v) is 7.59. The third-order valence-corrected chi connectivity index (χ3v) is 3.83. The van der Waals surface area contributed by atoms with Gasteiger partial charge in [0.2, 0.25) is 0 Å². The number of aromatic nitrogens is 2. The Bertz CT molecular complexity index is 708. The molecule has 6 heteroatoms. The summed E-state index contributed by atoms with van der Waals surface area (Å²) in [7, 11) is 0. The Labute approximate surface area is 134 Å². The average Bonchev–Trinajstić information content (AvgIpc) is 2.82. The first kappa shape index (κ1) is 16.4. The lowest BCUT2D eigenvalue weighted by Crippen LogP contribution is -2.18. The zero-order valence-corrected chi connectivity index (χ0v) is 13.9. The smallest absolute Gasteiger partial charge is 0.275 e. The van der Waals surface area contributed by atoms with E-state index in [9.17, 15) is 9.90 Å². The number of nitrogens with zero attached hydrogens (tertiary/aromatic N) is 2. The lowest BCUT2D eigenvalue weighted by molar-refractivity contribution is 0.101. The summed E-state index contributed by atoms with van der Waals surface area (Å²) in [4.78, 5) is 12.5. The first-order valence-electron chi connectivity index (χ1n) is 7.21. The summed E-state index contributed by atoms with van der Waals surface area (Å²) in [5.41, 5.74) is 2.57. The van der Waals surface area contributed by atoms with Gasteiger partial charge in [-0.2, -0.15) is 5.10 Å². The molecule has 2 rings (SSSR count). The van der Waals surface area contributed by atoms with E-state index in [2.05, 4.69) is 10.4 Å². The predicted octanol–water partition coefficient (Wildman–Crippen LogP) is 3.95. The van der Waals surface area contributed by atoms with Gasteiger partial charge >= 0.3 is 0 Å². The topological polar surface area (TPSA) is 67.2 Å². The molecule has 0 bridgehead atoms. The van der Waals surface area contributed by atoms with Crippen LogP contribution in [0, 0.1) is 6.92 Å². The van der Waals surface area contributed by atoms with Crippen LogP contribution in [-0.4, -0.2) is 20.8 Å². The SMILES string of the molecule is CCn1ncc(Cl)c1C(=O)Nc1cc(C(C)C)c(O)cc1C. The Morgan fingerprint density at radius 3 is 2.73 bits per heavy atom. The van der Waals surface area contributed by atoms with E-state index in [1.807, 2.05) is 27.7 Å². The molecule has 2 N–H and O–H groups in total. The van der Waals surface area contributed by atoms with Crippen LogP contribution < -0.4 is 5.32 Å². The number of amides is 1. The predicted molar refractivity (Wildman–Crippen MR) is 87.8 cm³/mol. The molecular formula is C16H20ClN3O2. The molecule has 1 amide bonds. The zero-order valence-electron chi connectivity index (χ0n) is 13.1. The van der Waals surface area contributed by atoms with Crippen LogP contribution in [0.4, 0.5) is 5.69 Å². The molecule has 0 saturated carbocycles. The number of benzene rings is 1.